The molecule has 0 saturated carbocycles. The van der Waals surface area contributed by atoms with Crippen molar-refractivity contribution in [2.45, 2.75) is 26.2 Å². The predicted molar refractivity (Wildman–Crippen MR) is 103 cm³/mol. The Morgan fingerprint density at radius 2 is 1.46 bits per heavy atom. The van der Waals surface area contributed by atoms with E-state index in [1.54, 1.807) is 12.1 Å². The molecule has 0 heterocycles. The molecule has 8 heteroatoms. The van der Waals surface area contributed by atoms with Crippen LogP contribution in [0, 0.1) is 0 Å². The van der Waals surface area contributed by atoms with E-state index in [1.807, 2.05) is 6.92 Å². The SMILES string of the molecule is CCCCC(=O)Nc1ccc(C(=O)NNC(=O)c2ccccc2C(=O)O)cc1. The van der Waals surface area contributed by atoms with Gasteiger partial charge in [-0.2, -0.15) is 0 Å². The summed E-state index contributed by atoms with van der Waals surface area (Å²) >= 11 is 0. The number of carboxylic acids is 1. The number of carbonyl (C=O) groups excluding carboxylic acids is 3. The van der Waals surface area contributed by atoms with Gasteiger partial charge >= 0.3 is 5.97 Å². The highest BCUT2D eigenvalue weighted by molar-refractivity contribution is 6.06. The number of nitrogens with one attached hydrogen (secondary N) is 3. The Morgan fingerprint density at radius 1 is 0.857 bits per heavy atom. The van der Waals surface area contributed by atoms with Crippen molar-refractivity contribution in [2.24, 2.45) is 0 Å². The topological polar surface area (TPSA) is 125 Å². The molecule has 4 N–H and O–H groups in total. The van der Waals surface area contributed by atoms with Crippen molar-refractivity contribution in [3.8, 4) is 0 Å². The van der Waals surface area contributed by atoms with Gasteiger partial charge in [-0.3, -0.25) is 25.2 Å². The maximum absolute atomic E-state index is 12.1. The fourth-order valence-electron chi connectivity index (χ4n) is 2.39. The van der Waals surface area contributed by atoms with Crippen LogP contribution < -0.4 is 16.2 Å². The molecule has 0 unspecified atom stereocenters. The second kappa shape index (κ2) is 9.86. The van der Waals surface area contributed by atoms with Gasteiger partial charge in [0.2, 0.25) is 5.91 Å². The van der Waals surface area contributed by atoms with Gasteiger partial charge in [0.15, 0.2) is 0 Å². The van der Waals surface area contributed by atoms with Crippen molar-refractivity contribution in [1.82, 2.24) is 10.9 Å². The first-order chi connectivity index (χ1) is 13.4. The highest BCUT2D eigenvalue weighted by Gasteiger charge is 2.16. The number of carboxylic acid groups (broad SMARTS) is 1. The third-order valence-corrected chi connectivity index (χ3v) is 3.88. The normalized spacial score (nSPS) is 10.0. The number of hydrazine groups is 1. The molecule has 0 aliphatic heterocycles. The molecule has 0 atom stereocenters. The number of anilines is 1. The summed E-state index contributed by atoms with van der Waals surface area (Å²) in [5, 5.41) is 11.8. The molecule has 0 aliphatic rings. The molecule has 0 fully saturated rings. The van der Waals surface area contributed by atoms with Crippen molar-refractivity contribution >= 4 is 29.4 Å². The average Bonchev–Trinajstić information content (AvgIpc) is 2.70. The van der Waals surface area contributed by atoms with Gasteiger partial charge in [0.1, 0.15) is 0 Å². The fraction of sp³-hybridized carbons (Fsp3) is 0.200. The molecule has 28 heavy (non-hydrogen) atoms. The third-order valence-electron chi connectivity index (χ3n) is 3.88. The molecular weight excluding hydrogens is 362 g/mol. The second-order valence-corrected chi connectivity index (χ2v) is 5.99. The van der Waals surface area contributed by atoms with Crippen LogP contribution in [0.3, 0.4) is 0 Å². The van der Waals surface area contributed by atoms with E-state index >= 15 is 0 Å². The molecule has 0 bridgehead atoms. The van der Waals surface area contributed by atoms with Gasteiger partial charge in [-0.25, -0.2) is 4.79 Å². The molecule has 0 spiro atoms. The van der Waals surface area contributed by atoms with Crippen molar-refractivity contribution in [2.75, 3.05) is 5.32 Å². The number of benzene rings is 2. The average molecular weight is 383 g/mol. The van der Waals surface area contributed by atoms with Crippen LogP contribution in [-0.4, -0.2) is 28.8 Å². The molecule has 8 nitrogen and oxygen atoms in total. The lowest BCUT2D eigenvalue weighted by Gasteiger charge is -2.10. The van der Waals surface area contributed by atoms with E-state index in [-0.39, 0.29) is 22.6 Å². The Balaban J connectivity index is 1.94. The van der Waals surface area contributed by atoms with E-state index in [2.05, 4.69) is 16.2 Å². The summed E-state index contributed by atoms with van der Waals surface area (Å²) in [6.07, 6.45) is 2.16. The number of amides is 3. The van der Waals surface area contributed by atoms with Gasteiger partial charge in [0.25, 0.3) is 11.8 Å². The minimum Gasteiger partial charge on any atom is -0.478 e. The Hall–Kier alpha value is -3.68. The largest absolute Gasteiger partial charge is 0.478 e. The molecule has 3 amide bonds. The van der Waals surface area contributed by atoms with Crippen molar-refractivity contribution in [3.05, 3.63) is 65.2 Å². The van der Waals surface area contributed by atoms with Crippen LogP contribution in [0.1, 0.15) is 57.3 Å². The number of hydrogen-bond acceptors (Lipinski definition) is 4. The van der Waals surface area contributed by atoms with Gasteiger partial charge in [0.05, 0.1) is 11.1 Å². The van der Waals surface area contributed by atoms with Crippen LogP contribution >= 0.6 is 0 Å². The zero-order valence-corrected chi connectivity index (χ0v) is 15.3. The lowest BCUT2D eigenvalue weighted by molar-refractivity contribution is -0.116. The quantitative estimate of drug-likeness (QED) is 0.547. The van der Waals surface area contributed by atoms with Crippen LogP contribution in [0.2, 0.25) is 0 Å². The minimum atomic E-state index is -1.24. The van der Waals surface area contributed by atoms with Gasteiger partial charge in [0, 0.05) is 17.7 Å². The first-order valence-corrected chi connectivity index (χ1v) is 8.75. The first kappa shape index (κ1) is 20.6. The van der Waals surface area contributed by atoms with E-state index in [4.69, 9.17) is 5.11 Å². The van der Waals surface area contributed by atoms with Gasteiger partial charge in [-0.15, -0.1) is 0 Å². The molecule has 0 aromatic heterocycles. The number of hydrogen-bond donors (Lipinski definition) is 4. The van der Waals surface area contributed by atoms with E-state index in [0.29, 0.717) is 12.1 Å². The maximum atomic E-state index is 12.1. The lowest BCUT2D eigenvalue weighted by Crippen LogP contribution is -2.42. The number of rotatable bonds is 7. The highest BCUT2D eigenvalue weighted by atomic mass is 16.4. The number of aromatic carboxylic acids is 1. The lowest BCUT2D eigenvalue weighted by atomic mass is 10.1. The summed E-state index contributed by atoms with van der Waals surface area (Å²) in [5.41, 5.74) is 5.01. The maximum Gasteiger partial charge on any atom is 0.336 e. The minimum absolute atomic E-state index is 0.0690. The molecule has 2 aromatic carbocycles. The summed E-state index contributed by atoms with van der Waals surface area (Å²) in [6.45, 7) is 2.00. The Labute approximate surface area is 161 Å². The van der Waals surface area contributed by atoms with Crippen molar-refractivity contribution < 1.29 is 24.3 Å². The highest BCUT2D eigenvalue weighted by Crippen LogP contribution is 2.11. The summed E-state index contributed by atoms with van der Waals surface area (Å²) in [4.78, 5) is 47.1. The third kappa shape index (κ3) is 5.66. The standard InChI is InChI=1S/C20H21N3O5/c1-2-3-8-17(24)21-14-11-9-13(10-12-14)18(25)22-23-19(26)15-6-4-5-7-16(15)20(27)28/h4-7,9-12H,2-3,8H2,1H3,(H,21,24)(H,22,25)(H,23,26)(H,27,28). The number of carbonyl (C=O) groups is 4. The summed E-state index contributed by atoms with van der Waals surface area (Å²) in [6, 6.07) is 11.8. The van der Waals surface area contributed by atoms with Gasteiger partial charge < -0.3 is 10.4 Å². The molecule has 0 radical (unpaired) electrons. The molecule has 146 valence electrons. The monoisotopic (exact) mass is 383 g/mol. The van der Waals surface area contributed by atoms with E-state index in [9.17, 15) is 19.2 Å². The molecule has 2 rings (SSSR count). The van der Waals surface area contributed by atoms with Crippen molar-refractivity contribution in [1.29, 1.82) is 0 Å². The zero-order chi connectivity index (χ0) is 20.5. The van der Waals surface area contributed by atoms with E-state index < -0.39 is 17.8 Å². The second-order valence-electron chi connectivity index (χ2n) is 5.99. The van der Waals surface area contributed by atoms with Crippen LogP contribution in [-0.2, 0) is 4.79 Å². The number of unbranched alkanes of at least 4 members (excludes halogenated alkanes) is 1. The summed E-state index contributed by atoms with van der Waals surface area (Å²) in [7, 11) is 0. The Bertz CT molecular complexity index is 878. The van der Waals surface area contributed by atoms with Crippen LogP contribution in [0.15, 0.2) is 48.5 Å². The van der Waals surface area contributed by atoms with Crippen LogP contribution in [0.4, 0.5) is 5.69 Å². The van der Waals surface area contributed by atoms with Gasteiger partial charge in [-0.1, -0.05) is 25.5 Å². The molecule has 0 saturated heterocycles. The molecule has 2 aromatic rings. The van der Waals surface area contributed by atoms with Crippen molar-refractivity contribution in [3.63, 3.8) is 0 Å². The molecular formula is C20H21N3O5. The van der Waals surface area contributed by atoms with E-state index in [0.717, 1.165) is 12.8 Å². The summed E-state index contributed by atoms with van der Waals surface area (Å²) < 4.78 is 0. The van der Waals surface area contributed by atoms with Gasteiger partial charge in [-0.05, 0) is 42.8 Å². The zero-order valence-electron chi connectivity index (χ0n) is 15.3. The molecule has 0 aliphatic carbocycles. The fourth-order valence-corrected chi connectivity index (χ4v) is 2.39. The Morgan fingerprint density at radius 3 is 2.07 bits per heavy atom. The van der Waals surface area contributed by atoms with Crippen LogP contribution in [0.25, 0.3) is 0 Å². The smallest absolute Gasteiger partial charge is 0.336 e. The first-order valence-electron chi connectivity index (χ1n) is 8.75. The van der Waals surface area contributed by atoms with E-state index in [1.165, 1.54) is 36.4 Å². The predicted octanol–water partition coefficient (Wildman–Crippen LogP) is 2.59. The van der Waals surface area contributed by atoms with Crippen LogP contribution in [0.5, 0.6) is 0 Å². The Kier molecular flexibility index (Phi) is 7.27. The summed E-state index contributed by atoms with van der Waals surface area (Å²) in [5.74, 6) is -2.66.